The van der Waals surface area contributed by atoms with Crippen molar-refractivity contribution < 1.29 is 14.2 Å². The highest BCUT2D eigenvalue weighted by atomic mass is 16.5. The summed E-state index contributed by atoms with van der Waals surface area (Å²) in [5.74, 6) is 3.34. The average Bonchev–Trinajstić information content (AvgIpc) is 3.06. The van der Waals surface area contributed by atoms with Gasteiger partial charge in [0, 0.05) is 25.3 Å². The van der Waals surface area contributed by atoms with Crippen LogP contribution in [0.15, 0.2) is 24.3 Å². The summed E-state index contributed by atoms with van der Waals surface area (Å²) in [6.45, 7) is 4.36. The second-order valence-corrected chi connectivity index (χ2v) is 5.34. The van der Waals surface area contributed by atoms with Crippen LogP contribution in [0.4, 0.5) is 0 Å². The summed E-state index contributed by atoms with van der Waals surface area (Å²) in [7, 11) is 0. The topological polar surface area (TPSA) is 39.7 Å². The highest BCUT2D eigenvalue weighted by molar-refractivity contribution is 5.33. The Morgan fingerprint density at radius 1 is 1.36 bits per heavy atom. The first-order valence-electron chi connectivity index (χ1n) is 7.94. The van der Waals surface area contributed by atoms with Crippen LogP contribution in [-0.2, 0) is 16.0 Å². The van der Waals surface area contributed by atoms with Gasteiger partial charge in [0.1, 0.15) is 12.4 Å². The third-order valence-corrected chi connectivity index (χ3v) is 3.57. The van der Waals surface area contributed by atoms with E-state index in [1.54, 1.807) is 0 Å². The fourth-order valence-corrected chi connectivity index (χ4v) is 2.42. The van der Waals surface area contributed by atoms with E-state index >= 15 is 0 Å². The van der Waals surface area contributed by atoms with Crippen LogP contribution in [0, 0.1) is 12.3 Å². The van der Waals surface area contributed by atoms with Gasteiger partial charge >= 0.3 is 0 Å². The van der Waals surface area contributed by atoms with Crippen molar-refractivity contribution in [2.24, 2.45) is 0 Å². The Balaban J connectivity index is 1.55. The molecule has 1 saturated heterocycles. The Bertz CT molecular complexity index is 464. The zero-order valence-electron chi connectivity index (χ0n) is 13.1. The molecule has 1 fully saturated rings. The molecule has 1 atom stereocenters. The molecule has 4 heteroatoms. The quantitative estimate of drug-likeness (QED) is 0.532. The number of ether oxygens (including phenoxy) is 3. The molecule has 0 radical (unpaired) electrons. The molecule has 1 unspecified atom stereocenters. The molecule has 0 spiro atoms. The van der Waals surface area contributed by atoms with Gasteiger partial charge in [-0.3, -0.25) is 0 Å². The maximum absolute atomic E-state index is 5.63. The normalized spacial score (nSPS) is 17.3. The van der Waals surface area contributed by atoms with E-state index in [2.05, 4.69) is 11.2 Å². The Hall–Kier alpha value is -1.54. The van der Waals surface area contributed by atoms with Crippen LogP contribution in [0.1, 0.15) is 24.8 Å². The van der Waals surface area contributed by atoms with E-state index in [0.29, 0.717) is 12.7 Å². The monoisotopic (exact) mass is 303 g/mol. The third kappa shape index (κ3) is 6.07. The van der Waals surface area contributed by atoms with Crippen LogP contribution < -0.4 is 10.1 Å². The van der Waals surface area contributed by atoms with E-state index in [1.165, 1.54) is 0 Å². The fraction of sp³-hybridized carbons (Fsp3) is 0.556. The van der Waals surface area contributed by atoms with Gasteiger partial charge in [-0.1, -0.05) is 24.1 Å². The summed E-state index contributed by atoms with van der Waals surface area (Å²) in [5, 5.41) is 3.40. The summed E-state index contributed by atoms with van der Waals surface area (Å²) in [6.07, 6.45) is 8.82. The smallest absolute Gasteiger partial charge is 0.148 e. The van der Waals surface area contributed by atoms with Gasteiger partial charge in [0.15, 0.2) is 0 Å². The molecule has 1 aromatic rings. The molecule has 4 nitrogen and oxygen atoms in total. The summed E-state index contributed by atoms with van der Waals surface area (Å²) in [5.41, 5.74) is 1.12. The van der Waals surface area contributed by atoms with E-state index in [4.69, 9.17) is 20.6 Å². The van der Waals surface area contributed by atoms with Gasteiger partial charge < -0.3 is 19.5 Å². The third-order valence-electron chi connectivity index (χ3n) is 3.57. The minimum absolute atomic E-state index is 0.300. The number of nitrogens with one attached hydrogen (secondary N) is 1. The number of hydrogen-bond donors (Lipinski definition) is 1. The zero-order valence-corrected chi connectivity index (χ0v) is 13.1. The molecule has 1 aliphatic heterocycles. The first-order chi connectivity index (χ1) is 10.9. The highest BCUT2D eigenvalue weighted by Gasteiger charge is 2.14. The largest absolute Gasteiger partial charge is 0.481 e. The molecule has 120 valence electrons. The van der Waals surface area contributed by atoms with Crippen molar-refractivity contribution in [3.05, 3.63) is 29.8 Å². The maximum atomic E-state index is 5.63. The summed E-state index contributed by atoms with van der Waals surface area (Å²) < 4.78 is 16.7. The van der Waals surface area contributed by atoms with Gasteiger partial charge in [0.05, 0.1) is 12.7 Å². The van der Waals surface area contributed by atoms with Crippen molar-refractivity contribution in [3.63, 3.8) is 0 Å². The molecule has 1 heterocycles. The lowest BCUT2D eigenvalue weighted by atomic mass is 10.2. The molecule has 1 aliphatic rings. The van der Waals surface area contributed by atoms with Crippen LogP contribution >= 0.6 is 0 Å². The van der Waals surface area contributed by atoms with Crippen LogP contribution in [0.2, 0.25) is 0 Å². The van der Waals surface area contributed by atoms with E-state index in [9.17, 15) is 0 Å². The van der Waals surface area contributed by atoms with Crippen LogP contribution in [0.25, 0.3) is 0 Å². The molecule has 2 rings (SSSR count). The highest BCUT2D eigenvalue weighted by Crippen LogP contribution is 2.17. The minimum Gasteiger partial charge on any atom is -0.481 e. The SMILES string of the molecule is C#CCOc1ccccc1CNCCCOCC1CCCO1. The second-order valence-electron chi connectivity index (χ2n) is 5.34. The Morgan fingerprint density at radius 3 is 3.09 bits per heavy atom. The number of rotatable bonds is 10. The molecule has 0 aliphatic carbocycles. The van der Waals surface area contributed by atoms with E-state index < -0.39 is 0 Å². The molecular formula is C18H25NO3. The molecule has 1 N–H and O–H groups in total. The molecule has 0 amide bonds. The van der Waals surface area contributed by atoms with Gasteiger partial charge in [-0.15, -0.1) is 6.42 Å². The van der Waals surface area contributed by atoms with Gasteiger partial charge in [-0.05, 0) is 31.9 Å². The molecular weight excluding hydrogens is 278 g/mol. The minimum atomic E-state index is 0.300. The van der Waals surface area contributed by atoms with Crippen molar-refractivity contribution in [3.8, 4) is 18.1 Å². The number of para-hydroxylation sites is 1. The van der Waals surface area contributed by atoms with Gasteiger partial charge in [-0.25, -0.2) is 0 Å². The van der Waals surface area contributed by atoms with E-state index in [-0.39, 0.29) is 0 Å². The van der Waals surface area contributed by atoms with Crippen molar-refractivity contribution in [1.82, 2.24) is 5.32 Å². The Morgan fingerprint density at radius 2 is 2.27 bits per heavy atom. The average molecular weight is 303 g/mol. The van der Waals surface area contributed by atoms with Crippen LogP contribution in [0.5, 0.6) is 5.75 Å². The second kappa shape index (κ2) is 10.2. The summed E-state index contributed by atoms with van der Waals surface area (Å²) in [4.78, 5) is 0. The van der Waals surface area contributed by atoms with Crippen LogP contribution in [0.3, 0.4) is 0 Å². The molecule has 1 aromatic carbocycles. The lowest BCUT2D eigenvalue weighted by molar-refractivity contribution is 0.0166. The Kier molecular flexibility index (Phi) is 7.82. The lowest BCUT2D eigenvalue weighted by Gasteiger charge is -2.11. The van der Waals surface area contributed by atoms with Crippen molar-refractivity contribution in [2.75, 3.05) is 33.0 Å². The summed E-state index contributed by atoms with van der Waals surface area (Å²) >= 11 is 0. The zero-order chi connectivity index (χ0) is 15.5. The van der Waals surface area contributed by atoms with Crippen molar-refractivity contribution in [1.29, 1.82) is 0 Å². The standard InChI is InChI=1S/C18H25NO3/c1-2-11-22-18-9-4-3-7-16(18)14-19-10-6-12-20-15-17-8-5-13-21-17/h1,3-4,7,9,17,19H,5-6,8,10-15H2. The van der Waals surface area contributed by atoms with E-state index in [1.807, 2.05) is 24.3 Å². The molecule has 0 aromatic heterocycles. The van der Waals surface area contributed by atoms with E-state index in [0.717, 1.165) is 63.5 Å². The maximum Gasteiger partial charge on any atom is 0.148 e. The van der Waals surface area contributed by atoms with Gasteiger partial charge in [0.25, 0.3) is 0 Å². The molecule has 0 saturated carbocycles. The predicted molar refractivity (Wildman–Crippen MR) is 86.9 cm³/mol. The number of terminal acetylenes is 1. The number of benzene rings is 1. The molecule has 0 bridgehead atoms. The lowest BCUT2D eigenvalue weighted by Crippen LogP contribution is -2.19. The predicted octanol–water partition coefficient (Wildman–Crippen LogP) is 2.37. The summed E-state index contributed by atoms with van der Waals surface area (Å²) in [6, 6.07) is 7.95. The number of hydrogen-bond acceptors (Lipinski definition) is 4. The van der Waals surface area contributed by atoms with Crippen LogP contribution in [-0.4, -0.2) is 39.1 Å². The first-order valence-corrected chi connectivity index (χ1v) is 7.94. The molecule has 22 heavy (non-hydrogen) atoms. The Labute approximate surface area is 133 Å². The van der Waals surface area contributed by atoms with Crippen molar-refractivity contribution >= 4 is 0 Å². The van der Waals surface area contributed by atoms with Crippen molar-refractivity contribution in [2.45, 2.75) is 31.9 Å². The van der Waals surface area contributed by atoms with Gasteiger partial charge in [0.2, 0.25) is 0 Å². The fourth-order valence-electron chi connectivity index (χ4n) is 2.42. The first kappa shape index (κ1) is 16.8. The van der Waals surface area contributed by atoms with Gasteiger partial charge in [-0.2, -0.15) is 0 Å².